The summed E-state index contributed by atoms with van der Waals surface area (Å²) < 4.78 is 48.5. The monoisotopic (exact) mass is 626 g/mol. The minimum Gasteiger partial charge on any atom is -0.493 e. The molecule has 4 atom stereocenters. The number of methoxy groups -OCH3 is 2. The van der Waals surface area contributed by atoms with Crippen LogP contribution in [-0.2, 0) is 28.4 Å². The van der Waals surface area contributed by atoms with E-state index in [9.17, 15) is 4.79 Å². The zero-order chi connectivity index (χ0) is 32.4. The van der Waals surface area contributed by atoms with Crippen molar-refractivity contribution in [3.63, 3.8) is 0 Å². The van der Waals surface area contributed by atoms with Gasteiger partial charge < -0.3 is 37.9 Å². The molecule has 0 saturated carbocycles. The molecule has 0 aromatic heterocycles. The van der Waals surface area contributed by atoms with Crippen LogP contribution in [0.15, 0.2) is 18.2 Å². The molecule has 0 amide bonds. The van der Waals surface area contributed by atoms with Crippen LogP contribution in [0.2, 0.25) is 0 Å². The Bertz CT molecular complexity index is 834. The number of carbonyl (C=O) groups excluding carboxylic acids is 1. The highest BCUT2D eigenvalue weighted by Gasteiger charge is 2.40. The molecule has 0 fully saturated rings. The molecule has 1 rings (SSSR count). The molecule has 9 heteroatoms. The van der Waals surface area contributed by atoms with Crippen LogP contribution in [-0.4, -0.2) is 84.4 Å². The Labute approximate surface area is 267 Å². The van der Waals surface area contributed by atoms with Gasteiger partial charge in [-0.05, 0) is 56.7 Å². The normalized spacial score (nSPS) is 14.2. The van der Waals surface area contributed by atoms with Crippen LogP contribution in [0.25, 0.3) is 0 Å². The molecule has 0 heterocycles. The van der Waals surface area contributed by atoms with Crippen molar-refractivity contribution < 1.29 is 42.7 Å². The van der Waals surface area contributed by atoms with Gasteiger partial charge in [0, 0.05) is 40.1 Å². The largest absolute Gasteiger partial charge is 0.493 e. The summed E-state index contributed by atoms with van der Waals surface area (Å²) in [5.41, 5.74) is 0.329. The fourth-order valence-corrected chi connectivity index (χ4v) is 4.40. The van der Waals surface area contributed by atoms with Gasteiger partial charge in [-0.1, -0.05) is 66.7 Å². The molecule has 0 bridgehead atoms. The van der Waals surface area contributed by atoms with Crippen molar-refractivity contribution in [2.45, 2.75) is 130 Å². The molecule has 1 aromatic carbocycles. The van der Waals surface area contributed by atoms with Crippen molar-refractivity contribution in [3.8, 4) is 11.5 Å². The van der Waals surface area contributed by atoms with Gasteiger partial charge in [-0.2, -0.15) is 0 Å². The topological polar surface area (TPSA) is 90.9 Å². The first kappa shape index (κ1) is 40.1. The molecule has 0 N–H and O–H groups in total. The Kier molecular flexibility index (Phi) is 24.0. The molecule has 1 aromatic rings. The summed E-state index contributed by atoms with van der Waals surface area (Å²) in [6.45, 7) is 14.0. The van der Waals surface area contributed by atoms with Crippen molar-refractivity contribution in [1.82, 2.24) is 0 Å². The average molecular weight is 627 g/mol. The highest BCUT2D eigenvalue weighted by molar-refractivity contribution is 5.90. The summed E-state index contributed by atoms with van der Waals surface area (Å²) in [6.07, 6.45) is 7.61. The fourth-order valence-electron chi connectivity index (χ4n) is 4.40. The van der Waals surface area contributed by atoms with Crippen molar-refractivity contribution in [3.05, 3.63) is 23.8 Å². The van der Waals surface area contributed by atoms with Crippen molar-refractivity contribution in [1.29, 1.82) is 0 Å². The predicted molar refractivity (Wildman–Crippen MR) is 174 cm³/mol. The number of esters is 1. The van der Waals surface area contributed by atoms with Crippen molar-refractivity contribution >= 4 is 5.97 Å². The molecular weight excluding hydrogens is 564 g/mol. The number of benzene rings is 1. The Morgan fingerprint density at radius 2 is 1.23 bits per heavy atom. The molecule has 9 nitrogen and oxygen atoms in total. The molecule has 4 unspecified atom stereocenters. The third kappa shape index (κ3) is 15.9. The van der Waals surface area contributed by atoms with Crippen LogP contribution >= 0.6 is 0 Å². The lowest BCUT2D eigenvalue weighted by Crippen LogP contribution is -2.51. The summed E-state index contributed by atoms with van der Waals surface area (Å²) in [6, 6.07) is 5.02. The number of rotatable bonds is 29. The number of hydrogen-bond acceptors (Lipinski definition) is 9. The molecular formula is C35H62O9. The summed E-state index contributed by atoms with van der Waals surface area (Å²) in [5, 5.41) is 0. The third-order valence-electron chi connectivity index (χ3n) is 7.20. The van der Waals surface area contributed by atoms with Crippen LogP contribution in [0.4, 0.5) is 0 Å². The van der Waals surface area contributed by atoms with Crippen LogP contribution in [0.5, 0.6) is 11.5 Å². The summed E-state index contributed by atoms with van der Waals surface area (Å²) in [4.78, 5) is 13.5. The minimum absolute atomic E-state index is 0.329. The standard InChI is InChI=1S/C35H62O9/c1-8-13-21-39-26-20-30(40-22-14-9-2)32(42-24-16-11-4)33(43-25-17-12-5)35(38-7)44-34(36)28-18-19-29(37-6)31(27-28)41-23-15-10-3/h18-19,27,30,32-33,35H,8-17,20-26H2,1-7H3. The van der Waals surface area contributed by atoms with E-state index in [2.05, 4.69) is 34.6 Å². The molecule has 256 valence electrons. The molecule has 0 aliphatic heterocycles. The van der Waals surface area contributed by atoms with E-state index in [1.807, 2.05) is 0 Å². The van der Waals surface area contributed by atoms with E-state index in [1.165, 1.54) is 7.11 Å². The average Bonchev–Trinajstić information content (AvgIpc) is 3.04. The van der Waals surface area contributed by atoms with Gasteiger partial charge in [0.1, 0.15) is 12.2 Å². The van der Waals surface area contributed by atoms with Crippen LogP contribution < -0.4 is 9.47 Å². The van der Waals surface area contributed by atoms with Crippen molar-refractivity contribution in [2.75, 3.05) is 53.9 Å². The van der Waals surface area contributed by atoms with E-state index < -0.39 is 24.5 Å². The Morgan fingerprint density at radius 1 is 0.659 bits per heavy atom. The van der Waals surface area contributed by atoms with Gasteiger partial charge in [-0.15, -0.1) is 0 Å². The molecule has 0 spiro atoms. The Balaban J connectivity index is 3.32. The zero-order valence-electron chi connectivity index (χ0n) is 28.7. The van der Waals surface area contributed by atoms with Gasteiger partial charge in [0.15, 0.2) is 11.5 Å². The maximum Gasteiger partial charge on any atom is 0.340 e. The second-order valence-electron chi connectivity index (χ2n) is 11.0. The quantitative estimate of drug-likeness (QED) is 0.0502. The summed E-state index contributed by atoms with van der Waals surface area (Å²) in [7, 11) is 3.09. The van der Waals surface area contributed by atoms with Gasteiger partial charge in [-0.3, -0.25) is 0 Å². The second-order valence-corrected chi connectivity index (χ2v) is 11.0. The minimum atomic E-state index is -1.03. The molecule has 44 heavy (non-hydrogen) atoms. The number of unbranched alkanes of at least 4 members (excludes halogenated alkanes) is 5. The highest BCUT2D eigenvalue weighted by atomic mass is 16.7. The lowest BCUT2D eigenvalue weighted by molar-refractivity contribution is -0.227. The van der Waals surface area contributed by atoms with E-state index in [0.29, 0.717) is 63.1 Å². The van der Waals surface area contributed by atoms with Gasteiger partial charge in [0.2, 0.25) is 6.29 Å². The van der Waals surface area contributed by atoms with Gasteiger partial charge >= 0.3 is 5.97 Å². The molecule has 0 aliphatic rings. The maximum atomic E-state index is 13.5. The lowest BCUT2D eigenvalue weighted by Gasteiger charge is -2.36. The molecule has 0 saturated heterocycles. The first-order chi connectivity index (χ1) is 21.5. The first-order valence-electron chi connectivity index (χ1n) is 17.0. The fraction of sp³-hybridized carbons (Fsp3) is 0.800. The zero-order valence-corrected chi connectivity index (χ0v) is 28.7. The van der Waals surface area contributed by atoms with Gasteiger partial charge in [0.05, 0.1) is 25.4 Å². The lowest BCUT2D eigenvalue weighted by atomic mass is 10.0. The smallest absolute Gasteiger partial charge is 0.340 e. The van der Waals surface area contributed by atoms with E-state index in [-0.39, 0.29) is 6.10 Å². The highest BCUT2D eigenvalue weighted by Crippen LogP contribution is 2.29. The number of hydrogen-bond donors (Lipinski definition) is 0. The number of carbonyl (C=O) groups is 1. The summed E-state index contributed by atoms with van der Waals surface area (Å²) in [5.74, 6) is 0.496. The van der Waals surface area contributed by atoms with E-state index in [0.717, 1.165) is 64.2 Å². The summed E-state index contributed by atoms with van der Waals surface area (Å²) >= 11 is 0. The van der Waals surface area contributed by atoms with Crippen LogP contribution in [0.1, 0.15) is 116 Å². The second kappa shape index (κ2) is 26.3. The maximum absolute atomic E-state index is 13.5. The first-order valence-corrected chi connectivity index (χ1v) is 17.0. The third-order valence-corrected chi connectivity index (χ3v) is 7.20. The molecule has 0 aliphatic carbocycles. The van der Waals surface area contributed by atoms with Crippen LogP contribution in [0, 0.1) is 0 Å². The van der Waals surface area contributed by atoms with E-state index in [4.69, 9.17) is 37.9 Å². The Hall–Kier alpha value is -1.91. The van der Waals surface area contributed by atoms with Gasteiger partial charge in [-0.25, -0.2) is 4.79 Å². The SMILES string of the molecule is CCCCOCCC(OCCCC)C(OCCCC)C(OCCCC)C(OC)OC(=O)c1ccc(OC)c(OCCCC)c1. The van der Waals surface area contributed by atoms with E-state index >= 15 is 0 Å². The van der Waals surface area contributed by atoms with Crippen LogP contribution in [0.3, 0.4) is 0 Å². The molecule has 0 radical (unpaired) electrons. The predicted octanol–water partition coefficient (Wildman–Crippen LogP) is 7.77. The van der Waals surface area contributed by atoms with E-state index in [1.54, 1.807) is 25.3 Å². The van der Waals surface area contributed by atoms with Crippen molar-refractivity contribution in [2.24, 2.45) is 0 Å². The van der Waals surface area contributed by atoms with Gasteiger partial charge in [0.25, 0.3) is 0 Å². The Morgan fingerprint density at radius 3 is 1.82 bits per heavy atom. The number of ether oxygens (including phenoxy) is 8.